The van der Waals surface area contributed by atoms with E-state index in [2.05, 4.69) is 37.8 Å². The van der Waals surface area contributed by atoms with Crippen LogP contribution in [0.5, 0.6) is 0 Å². The molecule has 2 nitrogen and oxygen atoms in total. The molecule has 0 saturated carbocycles. The Morgan fingerprint density at radius 1 is 1.00 bits per heavy atom. The quantitative estimate of drug-likeness (QED) is 0.543. The second-order valence-electron chi connectivity index (χ2n) is 7.65. The molecule has 0 bridgehead atoms. The van der Waals surface area contributed by atoms with Gasteiger partial charge in [0.15, 0.2) is 5.78 Å². The average molecular weight is 386 g/mol. The number of nitrogens with zero attached hydrogens (tertiary/aromatic N) is 1. The first-order valence-electron chi connectivity index (χ1n) is 10.1. The van der Waals surface area contributed by atoms with Gasteiger partial charge in [0.05, 0.1) is 0 Å². The Morgan fingerprint density at radius 3 is 2.30 bits per heavy atom. The molecule has 0 heterocycles. The van der Waals surface area contributed by atoms with E-state index in [0.29, 0.717) is 0 Å². The summed E-state index contributed by atoms with van der Waals surface area (Å²) in [5.74, 6) is 0.156. The first kappa shape index (κ1) is 21.7. The van der Waals surface area contributed by atoms with Gasteiger partial charge in [-0.3, -0.25) is 9.69 Å². The van der Waals surface area contributed by atoms with Crippen molar-refractivity contribution < 1.29 is 4.79 Å². The summed E-state index contributed by atoms with van der Waals surface area (Å²) in [5, 5.41) is 0. The number of fused-ring (bicyclic) bond motifs is 1. The van der Waals surface area contributed by atoms with Gasteiger partial charge in [-0.1, -0.05) is 62.4 Å². The van der Waals surface area contributed by atoms with Crippen LogP contribution < -0.4 is 0 Å². The molecule has 0 radical (unpaired) electrons. The summed E-state index contributed by atoms with van der Waals surface area (Å²) in [6, 6.07) is 16.0. The highest BCUT2D eigenvalue weighted by Crippen LogP contribution is 2.42. The van der Waals surface area contributed by atoms with E-state index in [1.807, 2.05) is 36.4 Å². The molecule has 0 amide bonds. The molecule has 1 aliphatic rings. The van der Waals surface area contributed by atoms with E-state index in [9.17, 15) is 4.79 Å². The van der Waals surface area contributed by atoms with Crippen LogP contribution in [0.3, 0.4) is 0 Å². The SMILES string of the molecule is CCCN(CCC)C1(C)CCCc2cccc(C(=O)c3ccccc3)c21.Cl. The normalized spacial score (nSPS) is 18.7. The second-order valence-corrected chi connectivity index (χ2v) is 7.65. The second kappa shape index (κ2) is 9.52. The molecule has 2 aromatic rings. The lowest BCUT2D eigenvalue weighted by atomic mass is 9.73. The zero-order valence-electron chi connectivity index (χ0n) is 16.8. The lowest BCUT2D eigenvalue weighted by Crippen LogP contribution is -2.47. The van der Waals surface area contributed by atoms with Crippen LogP contribution in [0, 0.1) is 0 Å². The largest absolute Gasteiger partial charge is 0.294 e. The molecule has 3 heteroatoms. The number of carbonyl (C=O) groups is 1. The van der Waals surface area contributed by atoms with Crippen molar-refractivity contribution in [2.45, 2.75) is 58.4 Å². The molecule has 146 valence electrons. The van der Waals surface area contributed by atoms with E-state index in [4.69, 9.17) is 0 Å². The van der Waals surface area contributed by atoms with Crippen molar-refractivity contribution >= 4 is 18.2 Å². The summed E-state index contributed by atoms with van der Waals surface area (Å²) in [7, 11) is 0. The van der Waals surface area contributed by atoms with E-state index in [1.165, 1.54) is 17.5 Å². The molecule has 0 spiro atoms. The Balaban J connectivity index is 0.00000261. The lowest BCUT2D eigenvalue weighted by molar-refractivity contribution is 0.0808. The van der Waals surface area contributed by atoms with Gasteiger partial charge in [-0.05, 0) is 63.2 Å². The van der Waals surface area contributed by atoms with Crippen LogP contribution >= 0.6 is 12.4 Å². The Labute approximate surface area is 170 Å². The summed E-state index contributed by atoms with van der Waals surface area (Å²) in [6.45, 7) is 9.01. The van der Waals surface area contributed by atoms with Gasteiger partial charge in [-0.25, -0.2) is 0 Å². The molecule has 0 aliphatic heterocycles. The van der Waals surface area contributed by atoms with Gasteiger partial charge >= 0.3 is 0 Å². The van der Waals surface area contributed by atoms with Gasteiger partial charge in [0.2, 0.25) is 0 Å². The molecule has 1 unspecified atom stereocenters. The van der Waals surface area contributed by atoms with Crippen LogP contribution in [0.2, 0.25) is 0 Å². The number of halogens is 1. The Kier molecular flexibility index (Phi) is 7.64. The number of ketones is 1. The van der Waals surface area contributed by atoms with Crippen LogP contribution in [-0.2, 0) is 12.0 Å². The third-order valence-electron chi connectivity index (χ3n) is 5.76. The Morgan fingerprint density at radius 2 is 1.67 bits per heavy atom. The predicted octanol–water partition coefficient (Wildman–Crippen LogP) is 6.01. The molecule has 3 rings (SSSR count). The number of hydrogen-bond donors (Lipinski definition) is 0. The summed E-state index contributed by atoms with van der Waals surface area (Å²) in [6.07, 6.45) is 5.67. The first-order chi connectivity index (χ1) is 12.6. The molecule has 27 heavy (non-hydrogen) atoms. The number of hydrogen-bond acceptors (Lipinski definition) is 2. The first-order valence-corrected chi connectivity index (χ1v) is 10.1. The monoisotopic (exact) mass is 385 g/mol. The fourth-order valence-corrected chi connectivity index (χ4v) is 4.59. The summed E-state index contributed by atoms with van der Waals surface area (Å²) < 4.78 is 0. The molecule has 0 fully saturated rings. The van der Waals surface area contributed by atoms with Gasteiger partial charge in [0.1, 0.15) is 0 Å². The minimum absolute atomic E-state index is 0. The summed E-state index contributed by atoms with van der Waals surface area (Å²) in [4.78, 5) is 15.9. The predicted molar refractivity (Wildman–Crippen MR) is 116 cm³/mol. The van der Waals surface area contributed by atoms with E-state index in [0.717, 1.165) is 49.9 Å². The van der Waals surface area contributed by atoms with Crippen molar-refractivity contribution in [2.24, 2.45) is 0 Å². The smallest absolute Gasteiger partial charge is 0.193 e. The zero-order chi connectivity index (χ0) is 18.6. The highest BCUT2D eigenvalue weighted by Gasteiger charge is 2.39. The fourth-order valence-electron chi connectivity index (χ4n) is 4.59. The topological polar surface area (TPSA) is 20.3 Å². The molecule has 0 N–H and O–H groups in total. The van der Waals surface area contributed by atoms with Gasteiger partial charge in [-0.2, -0.15) is 0 Å². The minimum atomic E-state index is -0.0549. The molecule has 1 aliphatic carbocycles. The van der Waals surface area contributed by atoms with E-state index in [-0.39, 0.29) is 23.7 Å². The summed E-state index contributed by atoms with van der Waals surface area (Å²) in [5.41, 5.74) is 4.26. The van der Waals surface area contributed by atoms with Crippen LogP contribution in [0.1, 0.15) is 73.5 Å². The van der Waals surface area contributed by atoms with Crippen molar-refractivity contribution in [3.63, 3.8) is 0 Å². The van der Waals surface area contributed by atoms with Crippen molar-refractivity contribution in [3.8, 4) is 0 Å². The number of aryl methyl sites for hydroxylation is 1. The third-order valence-corrected chi connectivity index (χ3v) is 5.76. The van der Waals surface area contributed by atoms with Gasteiger partial charge in [0, 0.05) is 16.7 Å². The molecule has 0 aromatic heterocycles. The van der Waals surface area contributed by atoms with Crippen LogP contribution in [0.25, 0.3) is 0 Å². The Bertz CT molecular complexity index is 752. The van der Waals surface area contributed by atoms with Crippen LogP contribution in [0.15, 0.2) is 48.5 Å². The lowest BCUT2D eigenvalue weighted by Gasteiger charge is -2.46. The van der Waals surface area contributed by atoms with Crippen molar-refractivity contribution in [3.05, 3.63) is 70.8 Å². The van der Waals surface area contributed by atoms with E-state index < -0.39 is 0 Å². The summed E-state index contributed by atoms with van der Waals surface area (Å²) >= 11 is 0. The average Bonchev–Trinajstić information content (AvgIpc) is 2.68. The number of carbonyl (C=O) groups excluding carboxylic acids is 1. The van der Waals surface area contributed by atoms with E-state index >= 15 is 0 Å². The van der Waals surface area contributed by atoms with Crippen molar-refractivity contribution in [1.82, 2.24) is 4.90 Å². The maximum Gasteiger partial charge on any atom is 0.193 e. The van der Waals surface area contributed by atoms with Gasteiger partial charge in [-0.15, -0.1) is 12.4 Å². The van der Waals surface area contributed by atoms with Crippen molar-refractivity contribution in [1.29, 1.82) is 0 Å². The van der Waals surface area contributed by atoms with Crippen molar-refractivity contribution in [2.75, 3.05) is 13.1 Å². The number of rotatable bonds is 7. The number of benzene rings is 2. The van der Waals surface area contributed by atoms with Crippen LogP contribution in [0.4, 0.5) is 0 Å². The van der Waals surface area contributed by atoms with Crippen LogP contribution in [-0.4, -0.2) is 23.8 Å². The molecule has 2 aromatic carbocycles. The molecule has 0 saturated heterocycles. The highest BCUT2D eigenvalue weighted by molar-refractivity contribution is 6.10. The highest BCUT2D eigenvalue weighted by atomic mass is 35.5. The Hall–Kier alpha value is -1.64. The fraction of sp³-hybridized carbons (Fsp3) is 0.458. The standard InChI is InChI=1S/C24H31NO.ClH/c1-4-17-25(18-5-2)24(3)16-10-14-19-13-9-15-21(22(19)24)23(26)20-11-7-6-8-12-20;/h6-9,11-13,15H,4-5,10,14,16-18H2,1-3H3;1H. The zero-order valence-corrected chi connectivity index (χ0v) is 17.6. The van der Waals surface area contributed by atoms with Gasteiger partial charge < -0.3 is 0 Å². The minimum Gasteiger partial charge on any atom is -0.294 e. The molecule has 1 atom stereocenters. The van der Waals surface area contributed by atoms with Gasteiger partial charge in [0.25, 0.3) is 0 Å². The molecular weight excluding hydrogens is 354 g/mol. The maximum absolute atomic E-state index is 13.3. The molecular formula is C24H32ClNO. The third kappa shape index (κ3) is 4.28. The maximum atomic E-state index is 13.3. The van der Waals surface area contributed by atoms with E-state index in [1.54, 1.807) is 0 Å².